The number of hydrogen-bond acceptors (Lipinski definition) is 4. The van der Waals surface area contributed by atoms with Crippen molar-refractivity contribution in [3.05, 3.63) is 23.8 Å². The van der Waals surface area contributed by atoms with Crippen molar-refractivity contribution in [3.63, 3.8) is 0 Å². The Morgan fingerprint density at radius 3 is 3.00 bits per heavy atom. The van der Waals surface area contributed by atoms with Crippen molar-refractivity contribution < 1.29 is 19.4 Å². The minimum absolute atomic E-state index is 0.0558. The highest BCUT2D eigenvalue weighted by Crippen LogP contribution is 2.49. The van der Waals surface area contributed by atoms with Crippen LogP contribution in [0.1, 0.15) is 33.1 Å². The lowest BCUT2D eigenvalue weighted by Gasteiger charge is -2.22. The number of aliphatic hydroxyl groups excluding tert-OH is 1. The molecule has 2 heterocycles. The van der Waals surface area contributed by atoms with Gasteiger partial charge in [-0.15, -0.1) is 0 Å². The van der Waals surface area contributed by atoms with Crippen molar-refractivity contribution in [2.75, 3.05) is 0 Å². The Hall–Kier alpha value is -1.13. The molecule has 0 bridgehead atoms. The zero-order valence-corrected chi connectivity index (χ0v) is 11.4. The summed E-state index contributed by atoms with van der Waals surface area (Å²) < 4.78 is 11.2. The Balaban J connectivity index is 1.91. The molecule has 2 fully saturated rings. The Bertz CT molecular complexity index is 467. The molecular weight excluding hydrogens is 244 g/mol. The molecule has 104 valence electrons. The molecule has 1 aliphatic carbocycles. The van der Waals surface area contributed by atoms with E-state index in [4.69, 9.17) is 9.47 Å². The Morgan fingerprint density at radius 2 is 2.26 bits per heavy atom. The number of fused-ring (bicyclic) bond motifs is 3. The third-order valence-corrected chi connectivity index (χ3v) is 4.70. The summed E-state index contributed by atoms with van der Waals surface area (Å²) in [5.41, 5.74) is 1.22. The first-order valence-electron chi connectivity index (χ1n) is 6.85. The van der Waals surface area contributed by atoms with Crippen molar-refractivity contribution in [2.45, 2.75) is 57.0 Å². The van der Waals surface area contributed by atoms with Crippen molar-refractivity contribution in [1.29, 1.82) is 0 Å². The first kappa shape index (κ1) is 12.9. The number of rotatable bonds is 0. The molecule has 0 aromatic carbocycles. The zero-order valence-electron chi connectivity index (χ0n) is 11.4. The van der Waals surface area contributed by atoms with E-state index in [0.717, 1.165) is 18.4 Å². The second-order valence-corrected chi connectivity index (χ2v) is 6.09. The normalized spacial score (nSPS) is 48.7. The topological polar surface area (TPSA) is 59.1 Å². The fourth-order valence-electron chi connectivity index (χ4n) is 3.20. The predicted octanol–water partition coefficient (Wildman–Crippen LogP) is 1.73. The highest BCUT2D eigenvalue weighted by atomic mass is 16.6. The highest BCUT2D eigenvalue weighted by molar-refractivity contribution is 5.91. The Labute approximate surface area is 113 Å². The van der Waals surface area contributed by atoms with Crippen LogP contribution in [0.2, 0.25) is 0 Å². The molecule has 0 spiro atoms. The summed E-state index contributed by atoms with van der Waals surface area (Å²) in [6.45, 7) is 7.81. The number of esters is 1. The molecule has 19 heavy (non-hydrogen) atoms. The lowest BCUT2D eigenvalue weighted by atomic mass is 9.83. The monoisotopic (exact) mass is 264 g/mol. The van der Waals surface area contributed by atoms with Gasteiger partial charge in [0, 0.05) is 11.5 Å². The largest absolute Gasteiger partial charge is 0.455 e. The van der Waals surface area contributed by atoms with Gasteiger partial charge in [0.1, 0.15) is 12.2 Å². The van der Waals surface area contributed by atoms with Gasteiger partial charge in [-0.3, -0.25) is 0 Å². The molecule has 0 radical (unpaired) electrons. The quantitative estimate of drug-likeness (QED) is 0.313. The number of ether oxygens (including phenoxy) is 2. The lowest BCUT2D eigenvalue weighted by Crippen LogP contribution is -2.31. The summed E-state index contributed by atoms with van der Waals surface area (Å²) in [6.07, 6.45) is 3.42. The molecule has 0 amide bonds. The van der Waals surface area contributed by atoms with Crippen LogP contribution in [0, 0.1) is 5.92 Å². The van der Waals surface area contributed by atoms with E-state index in [-0.39, 0.29) is 29.7 Å². The molecule has 3 aliphatic rings. The van der Waals surface area contributed by atoms with Gasteiger partial charge in [-0.1, -0.05) is 12.7 Å². The number of aliphatic hydroxyl groups is 1. The van der Waals surface area contributed by atoms with E-state index >= 15 is 0 Å². The molecule has 5 atom stereocenters. The summed E-state index contributed by atoms with van der Waals surface area (Å²) in [5, 5.41) is 10.2. The molecule has 0 aromatic heterocycles. The third-order valence-electron chi connectivity index (χ3n) is 4.70. The zero-order chi connectivity index (χ0) is 13.8. The predicted molar refractivity (Wildman–Crippen MR) is 69.4 cm³/mol. The molecule has 4 heteroatoms. The van der Waals surface area contributed by atoms with Crippen LogP contribution in [-0.4, -0.2) is 35.0 Å². The van der Waals surface area contributed by atoms with E-state index < -0.39 is 6.10 Å². The highest BCUT2D eigenvalue weighted by Gasteiger charge is 2.61. The molecule has 4 nitrogen and oxygen atoms in total. The van der Waals surface area contributed by atoms with Crippen LogP contribution in [0.15, 0.2) is 23.8 Å². The maximum Gasteiger partial charge on any atom is 0.334 e. The van der Waals surface area contributed by atoms with E-state index in [1.807, 2.05) is 6.92 Å². The molecular formula is C15H20O4. The maximum atomic E-state index is 11.7. The molecule has 3 rings (SSSR count). The van der Waals surface area contributed by atoms with Gasteiger partial charge in [-0.2, -0.15) is 0 Å². The van der Waals surface area contributed by atoms with Crippen LogP contribution < -0.4 is 0 Å². The van der Waals surface area contributed by atoms with Gasteiger partial charge in [0.15, 0.2) is 0 Å². The fourth-order valence-corrected chi connectivity index (χ4v) is 3.20. The summed E-state index contributed by atoms with van der Waals surface area (Å²) in [4.78, 5) is 11.7. The molecule has 0 saturated carbocycles. The van der Waals surface area contributed by atoms with E-state index in [0.29, 0.717) is 12.0 Å². The molecule has 1 N–H and O–H groups in total. The number of allylic oxidation sites excluding steroid dienone is 1. The van der Waals surface area contributed by atoms with Crippen LogP contribution in [0.3, 0.4) is 0 Å². The van der Waals surface area contributed by atoms with Gasteiger partial charge in [0.05, 0.1) is 11.7 Å². The fraction of sp³-hybridized carbons (Fsp3) is 0.667. The third kappa shape index (κ3) is 2.03. The number of carbonyl (C=O) groups excluding carboxylic acids is 1. The number of hydrogen-bond donors (Lipinski definition) is 1. The summed E-state index contributed by atoms with van der Waals surface area (Å²) >= 11 is 0. The van der Waals surface area contributed by atoms with Crippen molar-refractivity contribution in [3.8, 4) is 0 Å². The lowest BCUT2D eigenvalue weighted by molar-refractivity contribution is -0.140. The smallest absolute Gasteiger partial charge is 0.334 e. The van der Waals surface area contributed by atoms with E-state index in [1.165, 1.54) is 0 Å². The minimum Gasteiger partial charge on any atom is -0.455 e. The molecule has 0 aromatic rings. The van der Waals surface area contributed by atoms with Crippen molar-refractivity contribution in [2.24, 2.45) is 5.92 Å². The number of carbonyl (C=O) groups is 1. The molecule has 2 saturated heterocycles. The summed E-state index contributed by atoms with van der Waals surface area (Å²) in [6, 6.07) is 0. The minimum atomic E-state index is -0.540. The summed E-state index contributed by atoms with van der Waals surface area (Å²) in [5.74, 6) is -0.489. The van der Waals surface area contributed by atoms with Crippen LogP contribution >= 0.6 is 0 Å². The van der Waals surface area contributed by atoms with Gasteiger partial charge in [-0.05, 0) is 38.7 Å². The van der Waals surface area contributed by atoms with Crippen molar-refractivity contribution >= 4 is 5.97 Å². The van der Waals surface area contributed by atoms with Crippen LogP contribution in [0.5, 0.6) is 0 Å². The SMILES string of the molecule is C=C1C(=O)O[C@H]2[C@H]1C[C@@H](O)/C(C)=C/CC[C@@]1(C)O[C@@H]21. The molecule has 2 aliphatic heterocycles. The second kappa shape index (κ2) is 4.18. The summed E-state index contributed by atoms with van der Waals surface area (Å²) in [7, 11) is 0. The van der Waals surface area contributed by atoms with E-state index in [2.05, 4.69) is 19.6 Å². The average molecular weight is 264 g/mol. The van der Waals surface area contributed by atoms with E-state index in [1.54, 1.807) is 0 Å². The van der Waals surface area contributed by atoms with Crippen LogP contribution in [-0.2, 0) is 14.3 Å². The van der Waals surface area contributed by atoms with Crippen LogP contribution in [0.4, 0.5) is 0 Å². The van der Waals surface area contributed by atoms with Gasteiger partial charge in [-0.25, -0.2) is 4.79 Å². The first-order chi connectivity index (χ1) is 8.92. The standard InChI is InChI=1S/C15H20O4/c1-8-5-4-6-15(3)13(19-15)12-10(7-11(8)16)9(2)14(17)18-12/h5,10-13,16H,2,4,6-7H2,1,3H3/b8-5+/t10-,11+,12-,13-,15+/m0/s1. The second-order valence-electron chi connectivity index (χ2n) is 6.09. The average Bonchev–Trinajstić information content (AvgIpc) is 2.95. The van der Waals surface area contributed by atoms with Gasteiger partial charge < -0.3 is 14.6 Å². The Kier molecular flexibility index (Phi) is 2.84. The maximum absolute atomic E-state index is 11.7. The van der Waals surface area contributed by atoms with Crippen LogP contribution in [0.25, 0.3) is 0 Å². The number of epoxide rings is 1. The first-order valence-corrected chi connectivity index (χ1v) is 6.85. The van der Waals surface area contributed by atoms with E-state index in [9.17, 15) is 9.90 Å². The van der Waals surface area contributed by atoms with Gasteiger partial charge >= 0.3 is 5.97 Å². The van der Waals surface area contributed by atoms with Crippen molar-refractivity contribution in [1.82, 2.24) is 0 Å². The molecule has 0 unspecified atom stereocenters. The van der Waals surface area contributed by atoms with Gasteiger partial charge in [0.2, 0.25) is 0 Å². The Morgan fingerprint density at radius 1 is 1.53 bits per heavy atom. The van der Waals surface area contributed by atoms with Gasteiger partial charge in [0.25, 0.3) is 0 Å².